The normalized spacial score (nSPS) is 10.8. The van der Waals surface area contributed by atoms with Gasteiger partial charge in [-0.15, -0.1) is 13.2 Å². The molecule has 0 bridgehead atoms. The van der Waals surface area contributed by atoms with E-state index in [4.69, 9.17) is 11.0 Å². The van der Waals surface area contributed by atoms with Crippen LogP contribution < -0.4 is 10.5 Å². The molecule has 1 rings (SSSR count). The molecular formula is C10H7F3N2O2. The topological polar surface area (TPSA) is 76.1 Å². The Morgan fingerprint density at radius 2 is 2.06 bits per heavy atom. The van der Waals surface area contributed by atoms with Crippen molar-refractivity contribution < 1.29 is 22.7 Å². The number of anilines is 1. The molecule has 0 aromatic heterocycles. The lowest BCUT2D eigenvalue weighted by atomic mass is 10.0. The summed E-state index contributed by atoms with van der Waals surface area (Å²) in [5.41, 5.74) is 4.87. The minimum Gasteiger partial charge on any atom is -0.406 e. The first kappa shape index (κ1) is 12.8. The molecule has 0 saturated carbocycles. The van der Waals surface area contributed by atoms with Crippen molar-refractivity contribution in [2.24, 2.45) is 0 Å². The zero-order chi connectivity index (χ0) is 13.2. The average molecular weight is 244 g/mol. The van der Waals surface area contributed by atoms with Crippen molar-refractivity contribution in [2.45, 2.75) is 13.3 Å². The summed E-state index contributed by atoms with van der Waals surface area (Å²) in [5.74, 6) is -1.19. The van der Waals surface area contributed by atoms with E-state index in [0.717, 1.165) is 19.1 Å². The van der Waals surface area contributed by atoms with E-state index in [-0.39, 0.29) is 16.8 Å². The molecule has 0 heterocycles. The van der Waals surface area contributed by atoms with Gasteiger partial charge in [0.05, 0.1) is 11.3 Å². The van der Waals surface area contributed by atoms with Gasteiger partial charge in [0, 0.05) is 11.6 Å². The van der Waals surface area contributed by atoms with E-state index >= 15 is 0 Å². The number of ketones is 1. The van der Waals surface area contributed by atoms with Gasteiger partial charge in [0.15, 0.2) is 5.78 Å². The molecule has 0 radical (unpaired) electrons. The number of alkyl halides is 3. The Kier molecular flexibility index (Phi) is 3.27. The lowest BCUT2D eigenvalue weighted by molar-refractivity contribution is -0.274. The van der Waals surface area contributed by atoms with Crippen LogP contribution in [0.2, 0.25) is 0 Å². The van der Waals surface area contributed by atoms with Crippen LogP contribution >= 0.6 is 0 Å². The summed E-state index contributed by atoms with van der Waals surface area (Å²) in [5, 5.41) is 8.67. The van der Waals surface area contributed by atoms with Crippen molar-refractivity contribution in [1.29, 1.82) is 5.26 Å². The van der Waals surface area contributed by atoms with Gasteiger partial charge in [-0.3, -0.25) is 4.79 Å². The van der Waals surface area contributed by atoms with Crippen molar-refractivity contribution in [3.05, 3.63) is 23.3 Å². The number of hydrogen-bond donors (Lipinski definition) is 1. The molecule has 90 valence electrons. The fourth-order valence-corrected chi connectivity index (χ4v) is 1.20. The Hall–Kier alpha value is -2.23. The number of benzene rings is 1. The van der Waals surface area contributed by atoms with Gasteiger partial charge in [0.25, 0.3) is 0 Å². The third-order valence-electron chi connectivity index (χ3n) is 1.89. The molecule has 0 amide bonds. The zero-order valence-electron chi connectivity index (χ0n) is 8.63. The Labute approximate surface area is 94.4 Å². The molecule has 0 saturated heterocycles. The molecule has 4 nitrogen and oxygen atoms in total. The molecular weight excluding hydrogens is 237 g/mol. The van der Waals surface area contributed by atoms with Crippen molar-refractivity contribution in [3.8, 4) is 11.8 Å². The third kappa shape index (κ3) is 3.11. The number of hydrogen-bond acceptors (Lipinski definition) is 4. The lowest BCUT2D eigenvalue weighted by Crippen LogP contribution is -2.18. The maximum atomic E-state index is 12.0. The van der Waals surface area contributed by atoms with Gasteiger partial charge in [-0.1, -0.05) is 0 Å². The largest absolute Gasteiger partial charge is 0.573 e. The molecule has 0 aliphatic heterocycles. The summed E-state index contributed by atoms with van der Waals surface area (Å²) in [6.45, 7) is 1.13. The van der Waals surface area contributed by atoms with Crippen LogP contribution in [-0.2, 0) is 0 Å². The van der Waals surface area contributed by atoms with Gasteiger partial charge in [-0.25, -0.2) is 0 Å². The highest BCUT2D eigenvalue weighted by molar-refractivity contribution is 6.00. The van der Waals surface area contributed by atoms with Gasteiger partial charge in [0.1, 0.15) is 11.8 Å². The Balaban J connectivity index is 3.32. The predicted octanol–water partition coefficient (Wildman–Crippen LogP) is 2.24. The van der Waals surface area contributed by atoms with Crippen LogP contribution in [0, 0.1) is 11.3 Å². The summed E-state index contributed by atoms with van der Waals surface area (Å²) < 4.78 is 39.6. The van der Waals surface area contributed by atoms with Crippen LogP contribution in [0.4, 0.5) is 18.9 Å². The number of nitrogens with zero attached hydrogens (tertiary/aromatic N) is 1. The molecule has 17 heavy (non-hydrogen) atoms. The highest BCUT2D eigenvalue weighted by Crippen LogP contribution is 2.29. The van der Waals surface area contributed by atoms with Crippen LogP contribution in [0.15, 0.2) is 12.1 Å². The molecule has 2 N–H and O–H groups in total. The third-order valence-corrected chi connectivity index (χ3v) is 1.89. The number of nitrogens with two attached hydrogens (primary N) is 1. The molecule has 0 spiro atoms. The predicted molar refractivity (Wildman–Crippen MR) is 52.3 cm³/mol. The lowest BCUT2D eigenvalue weighted by Gasteiger charge is -2.11. The summed E-state index contributed by atoms with van der Waals surface area (Å²) in [6, 6.07) is 3.27. The standard InChI is InChI=1S/C10H7F3N2O2/c1-5(16)8-3-7(17-10(11,12)13)2-6(4-14)9(8)15/h2-3H,15H2,1H3. The first-order valence-electron chi connectivity index (χ1n) is 4.35. The molecule has 0 aliphatic carbocycles. The van der Waals surface area contributed by atoms with E-state index in [1.165, 1.54) is 0 Å². The molecule has 1 aromatic rings. The molecule has 0 aliphatic rings. The van der Waals surface area contributed by atoms with Crippen LogP contribution in [0.25, 0.3) is 0 Å². The number of carbonyl (C=O) groups excluding carboxylic acids is 1. The highest BCUT2D eigenvalue weighted by atomic mass is 19.4. The van der Waals surface area contributed by atoms with Crippen LogP contribution in [0.5, 0.6) is 5.75 Å². The van der Waals surface area contributed by atoms with Gasteiger partial charge in [-0.2, -0.15) is 5.26 Å². The van der Waals surface area contributed by atoms with Crippen molar-refractivity contribution in [3.63, 3.8) is 0 Å². The molecule has 0 fully saturated rings. The van der Waals surface area contributed by atoms with E-state index in [2.05, 4.69) is 4.74 Å². The van der Waals surface area contributed by atoms with Crippen LogP contribution in [0.1, 0.15) is 22.8 Å². The monoisotopic (exact) mass is 244 g/mol. The Bertz CT molecular complexity index is 503. The number of rotatable bonds is 2. The smallest absolute Gasteiger partial charge is 0.406 e. The van der Waals surface area contributed by atoms with Gasteiger partial charge < -0.3 is 10.5 Å². The minimum absolute atomic E-state index is 0.158. The summed E-state index contributed by atoms with van der Waals surface area (Å²) >= 11 is 0. The van der Waals surface area contributed by atoms with E-state index in [9.17, 15) is 18.0 Å². The first-order chi connectivity index (χ1) is 7.74. The van der Waals surface area contributed by atoms with Crippen molar-refractivity contribution in [2.75, 3.05) is 5.73 Å². The van der Waals surface area contributed by atoms with Crippen molar-refractivity contribution >= 4 is 11.5 Å². The first-order valence-corrected chi connectivity index (χ1v) is 4.35. The maximum Gasteiger partial charge on any atom is 0.573 e. The van der Waals surface area contributed by atoms with E-state index in [1.54, 1.807) is 6.07 Å². The molecule has 0 atom stereocenters. The number of ether oxygens (including phenoxy) is 1. The van der Waals surface area contributed by atoms with E-state index < -0.39 is 17.9 Å². The number of nitriles is 1. The van der Waals surface area contributed by atoms with Crippen LogP contribution in [-0.4, -0.2) is 12.1 Å². The minimum atomic E-state index is -4.89. The maximum absolute atomic E-state index is 12.0. The quantitative estimate of drug-likeness (QED) is 0.639. The highest BCUT2D eigenvalue weighted by Gasteiger charge is 2.31. The number of nitrogen functional groups attached to an aromatic ring is 1. The fourth-order valence-electron chi connectivity index (χ4n) is 1.20. The number of halogens is 3. The van der Waals surface area contributed by atoms with Crippen LogP contribution in [0.3, 0.4) is 0 Å². The Morgan fingerprint density at radius 3 is 2.47 bits per heavy atom. The number of carbonyl (C=O) groups is 1. The second kappa shape index (κ2) is 4.33. The van der Waals surface area contributed by atoms with Gasteiger partial charge >= 0.3 is 6.36 Å². The SMILES string of the molecule is CC(=O)c1cc(OC(F)(F)F)cc(C#N)c1N. The fraction of sp³-hybridized carbons (Fsp3) is 0.200. The zero-order valence-corrected chi connectivity index (χ0v) is 8.63. The van der Waals surface area contributed by atoms with Crippen molar-refractivity contribution in [1.82, 2.24) is 0 Å². The molecule has 0 unspecified atom stereocenters. The molecule has 1 aromatic carbocycles. The Morgan fingerprint density at radius 1 is 1.47 bits per heavy atom. The summed E-state index contributed by atoms with van der Waals surface area (Å²) in [4.78, 5) is 11.1. The second-order valence-corrected chi connectivity index (χ2v) is 3.15. The van der Waals surface area contributed by atoms with E-state index in [1.807, 2.05) is 0 Å². The summed E-state index contributed by atoms with van der Waals surface area (Å²) in [7, 11) is 0. The second-order valence-electron chi connectivity index (χ2n) is 3.15. The van der Waals surface area contributed by atoms with E-state index in [0.29, 0.717) is 0 Å². The van der Waals surface area contributed by atoms with Gasteiger partial charge in [-0.05, 0) is 13.0 Å². The summed E-state index contributed by atoms with van der Waals surface area (Å²) in [6.07, 6.45) is -4.89. The average Bonchev–Trinajstić information content (AvgIpc) is 2.17. The molecule has 7 heteroatoms. The van der Waals surface area contributed by atoms with Gasteiger partial charge in [0.2, 0.25) is 0 Å². The number of Topliss-reactive ketones (excluding diaryl/α,β-unsaturated/α-hetero) is 1.